The number of imidazole rings is 1. The Morgan fingerprint density at radius 2 is 1.70 bits per heavy atom. The Morgan fingerprint density at radius 1 is 1.03 bits per heavy atom. The Morgan fingerprint density at radius 3 is 2.38 bits per heavy atom. The maximum Gasteiger partial charge on any atom is 0.274 e. The summed E-state index contributed by atoms with van der Waals surface area (Å²) in [7, 11) is 0. The normalized spacial score (nSPS) is 15.8. The molecule has 5 aromatic rings. The van der Waals surface area contributed by atoms with E-state index in [1.165, 1.54) is 15.9 Å². The van der Waals surface area contributed by atoms with Gasteiger partial charge in [-0.2, -0.15) is 5.26 Å². The number of nitrogens with two attached hydrogens (primary N) is 1. The van der Waals surface area contributed by atoms with Crippen molar-refractivity contribution in [3.63, 3.8) is 0 Å². The average molecular weight is 542 g/mol. The van der Waals surface area contributed by atoms with E-state index >= 15 is 0 Å². The molecule has 2 aromatic heterocycles. The molecule has 0 bridgehead atoms. The Hall–Kier alpha value is -4.09. The quantitative estimate of drug-likeness (QED) is 0.349. The van der Waals surface area contributed by atoms with Crippen molar-refractivity contribution in [1.29, 1.82) is 5.26 Å². The third kappa shape index (κ3) is 3.96. The summed E-state index contributed by atoms with van der Waals surface area (Å²) < 4.78 is 2.50. The Labute approximate surface area is 224 Å². The van der Waals surface area contributed by atoms with Gasteiger partial charge >= 0.3 is 0 Å². The third-order valence-corrected chi connectivity index (χ3v) is 7.90. The van der Waals surface area contributed by atoms with Crippen LogP contribution in [0.15, 0.2) is 83.2 Å². The lowest BCUT2D eigenvalue weighted by atomic mass is 9.83. The van der Waals surface area contributed by atoms with Gasteiger partial charge in [0.15, 0.2) is 0 Å². The van der Waals surface area contributed by atoms with Crippen LogP contribution in [0.4, 0.5) is 0 Å². The van der Waals surface area contributed by atoms with Crippen molar-refractivity contribution in [2.75, 3.05) is 0 Å². The zero-order valence-electron chi connectivity index (χ0n) is 19.1. The Kier molecular flexibility index (Phi) is 5.73. The standard InChI is InChI=1S/C28H17Cl2N5OS/c29-17-9-5-15(6-10-17)13-22-27(36)35-25(32)19(14-31)23(16-7-11-18(30)12-8-16)24(28(35)37-22)26-33-20-3-1-2-4-21(20)34-26/h1-13,23H,32H2,(H,33,34)/b22-13-. The van der Waals surface area contributed by atoms with E-state index in [-0.39, 0.29) is 17.0 Å². The highest BCUT2D eigenvalue weighted by molar-refractivity contribution is 7.07. The molecule has 1 atom stereocenters. The van der Waals surface area contributed by atoms with Crippen LogP contribution in [0.25, 0.3) is 28.5 Å². The number of allylic oxidation sites excluding steroid dienone is 1. The van der Waals surface area contributed by atoms with E-state index in [1.807, 2.05) is 48.5 Å². The van der Waals surface area contributed by atoms with Gasteiger partial charge in [-0.3, -0.25) is 9.36 Å². The summed E-state index contributed by atoms with van der Waals surface area (Å²) >= 11 is 13.5. The zero-order chi connectivity index (χ0) is 25.7. The van der Waals surface area contributed by atoms with Gasteiger partial charge in [-0.05, 0) is 53.6 Å². The van der Waals surface area contributed by atoms with Crippen LogP contribution in [0.5, 0.6) is 0 Å². The molecule has 0 spiro atoms. The average Bonchev–Trinajstić information content (AvgIpc) is 3.47. The number of nitrogens with one attached hydrogen (secondary N) is 1. The van der Waals surface area contributed by atoms with E-state index in [1.54, 1.807) is 30.3 Å². The van der Waals surface area contributed by atoms with Crippen molar-refractivity contribution < 1.29 is 0 Å². The molecule has 9 heteroatoms. The van der Waals surface area contributed by atoms with Crippen molar-refractivity contribution in [3.05, 3.63) is 125 Å². The number of halogens is 2. The number of thiazole rings is 1. The van der Waals surface area contributed by atoms with Crippen LogP contribution in [-0.4, -0.2) is 14.5 Å². The van der Waals surface area contributed by atoms with E-state index < -0.39 is 5.92 Å². The van der Waals surface area contributed by atoms with E-state index in [0.717, 1.165) is 22.2 Å². The van der Waals surface area contributed by atoms with Crippen LogP contribution in [0, 0.1) is 11.3 Å². The fourth-order valence-corrected chi connectivity index (χ4v) is 5.99. The second-order valence-corrected chi connectivity index (χ2v) is 10.4. The van der Waals surface area contributed by atoms with Crippen LogP contribution >= 0.6 is 34.5 Å². The fourth-order valence-electron chi connectivity index (χ4n) is 4.56. The van der Waals surface area contributed by atoms with E-state index in [2.05, 4.69) is 11.1 Å². The molecule has 0 amide bonds. The first kappa shape index (κ1) is 23.3. The van der Waals surface area contributed by atoms with Crippen molar-refractivity contribution in [2.24, 2.45) is 5.73 Å². The van der Waals surface area contributed by atoms with E-state index in [9.17, 15) is 10.1 Å². The molecule has 3 aromatic carbocycles. The van der Waals surface area contributed by atoms with E-state index in [0.29, 0.717) is 30.6 Å². The molecule has 6 nitrogen and oxygen atoms in total. The number of nitrogens with zero attached hydrogens (tertiary/aromatic N) is 3. The van der Waals surface area contributed by atoms with Gasteiger partial charge in [0.05, 0.1) is 33.1 Å². The highest BCUT2D eigenvalue weighted by atomic mass is 35.5. The maximum absolute atomic E-state index is 13.6. The molecule has 0 aliphatic carbocycles. The molecule has 0 saturated carbocycles. The van der Waals surface area contributed by atoms with Crippen LogP contribution in [0.2, 0.25) is 10.0 Å². The predicted octanol–water partition coefficient (Wildman–Crippen LogP) is 4.57. The number of hydrogen-bond acceptors (Lipinski definition) is 5. The molecule has 3 heterocycles. The molecular formula is C28H17Cl2N5OS. The van der Waals surface area contributed by atoms with Crippen LogP contribution in [-0.2, 0) is 0 Å². The minimum Gasteiger partial charge on any atom is -0.384 e. The number of aromatic nitrogens is 3. The molecule has 6 rings (SSSR count). The van der Waals surface area contributed by atoms with Gasteiger partial charge < -0.3 is 10.7 Å². The molecule has 1 aliphatic heterocycles. The Balaban J connectivity index is 1.73. The highest BCUT2D eigenvalue weighted by Crippen LogP contribution is 2.39. The van der Waals surface area contributed by atoms with Crippen molar-refractivity contribution in [1.82, 2.24) is 14.5 Å². The van der Waals surface area contributed by atoms with Gasteiger partial charge in [0, 0.05) is 15.6 Å². The van der Waals surface area contributed by atoms with Gasteiger partial charge in [0.25, 0.3) is 5.56 Å². The number of benzene rings is 3. The van der Waals surface area contributed by atoms with Gasteiger partial charge in [-0.25, -0.2) is 4.98 Å². The van der Waals surface area contributed by atoms with E-state index in [4.69, 9.17) is 33.9 Å². The van der Waals surface area contributed by atoms with Gasteiger partial charge in [-0.15, -0.1) is 11.3 Å². The number of hydrogen-bond donors (Lipinski definition) is 2. The summed E-state index contributed by atoms with van der Waals surface area (Å²) in [5.74, 6) is 0.119. The second kappa shape index (κ2) is 9.09. The first-order chi connectivity index (χ1) is 17.9. The lowest BCUT2D eigenvalue weighted by Crippen LogP contribution is -2.38. The SMILES string of the molecule is N#CC1=C(N)n2c(s/c(=C\c3ccc(Cl)cc3)c2=O)=C(c2nc3ccccc3[nH]2)C1c1ccc(Cl)cc1. The summed E-state index contributed by atoms with van der Waals surface area (Å²) in [5.41, 5.74) is 10.4. The zero-order valence-corrected chi connectivity index (χ0v) is 21.4. The summed E-state index contributed by atoms with van der Waals surface area (Å²) in [6.07, 6.45) is 1.79. The molecule has 0 radical (unpaired) electrons. The minimum absolute atomic E-state index is 0.106. The molecule has 3 N–H and O–H groups in total. The number of rotatable bonds is 3. The molecule has 1 aliphatic rings. The lowest BCUT2D eigenvalue weighted by molar-refractivity contribution is 0.892. The predicted molar refractivity (Wildman–Crippen MR) is 149 cm³/mol. The van der Waals surface area contributed by atoms with Gasteiger partial charge in [0.1, 0.15) is 16.3 Å². The summed E-state index contributed by atoms with van der Waals surface area (Å²) in [4.78, 5) is 21.8. The van der Waals surface area contributed by atoms with Crippen LogP contribution < -0.4 is 20.5 Å². The lowest BCUT2D eigenvalue weighted by Gasteiger charge is -2.25. The third-order valence-electron chi connectivity index (χ3n) is 6.28. The summed E-state index contributed by atoms with van der Waals surface area (Å²) in [5, 5.41) is 11.4. The van der Waals surface area contributed by atoms with Crippen molar-refractivity contribution in [3.8, 4) is 6.07 Å². The topological polar surface area (TPSA) is 100 Å². The highest BCUT2D eigenvalue weighted by Gasteiger charge is 2.34. The molecule has 1 unspecified atom stereocenters. The number of aromatic amines is 1. The molecule has 180 valence electrons. The smallest absolute Gasteiger partial charge is 0.274 e. The first-order valence-corrected chi connectivity index (χ1v) is 12.9. The van der Waals surface area contributed by atoms with Gasteiger partial charge in [0.2, 0.25) is 0 Å². The van der Waals surface area contributed by atoms with Crippen molar-refractivity contribution >= 4 is 63.0 Å². The maximum atomic E-state index is 13.6. The fraction of sp³-hybridized carbons (Fsp3) is 0.0357. The number of para-hydroxylation sites is 2. The molecule has 0 saturated heterocycles. The monoisotopic (exact) mass is 541 g/mol. The summed E-state index contributed by atoms with van der Waals surface area (Å²) in [6.45, 7) is 0. The summed E-state index contributed by atoms with van der Waals surface area (Å²) in [6, 6.07) is 24.4. The largest absolute Gasteiger partial charge is 0.384 e. The van der Waals surface area contributed by atoms with Crippen molar-refractivity contribution in [2.45, 2.75) is 5.92 Å². The second-order valence-electron chi connectivity index (χ2n) is 8.52. The minimum atomic E-state index is -0.552. The Bertz CT molecular complexity index is 1910. The molecule has 0 fully saturated rings. The molecular weight excluding hydrogens is 525 g/mol. The van der Waals surface area contributed by atoms with Crippen LogP contribution in [0.1, 0.15) is 22.9 Å². The number of H-pyrrole nitrogens is 1. The number of fused-ring (bicyclic) bond motifs is 2. The van der Waals surface area contributed by atoms with Gasteiger partial charge in [-0.1, -0.05) is 59.6 Å². The molecule has 37 heavy (non-hydrogen) atoms. The first-order valence-electron chi connectivity index (χ1n) is 11.3. The number of nitriles is 1. The van der Waals surface area contributed by atoms with Crippen LogP contribution in [0.3, 0.4) is 0 Å².